The highest BCUT2D eigenvalue weighted by molar-refractivity contribution is 6.58. The molecule has 0 radical (unpaired) electrons. The Labute approximate surface area is 203 Å². The van der Waals surface area contributed by atoms with E-state index >= 15 is 0 Å². The van der Waals surface area contributed by atoms with E-state index < -0.39 is 14.1 Å². The van der Waals surface area contributed by atoms with Crippen molar-refractivity contribution in [3.05, 3.63) is 0 Å². The Kier molecular flexibility index (Phi) is 33.3. The van der Waals surface area contributed by atoms with Gasteiger partial charge >= 0.3 is 0 Å². The molecular weight excluding hydrogens is 390 g/mol. The molecule has 0 aromatic carbocycles. The first-order chi connectivity index (χ1) is 14.6. The average Bonchev–Trinajstić information content (AvgIpc) is 2.75. The van der Waals surface area contributed by atoms with Crippen LogP contribution in [-0.2, 0) is 0 Å². The lowest BCUT2D eigenvalue weighted by Crippen LogP contribution is -2.12. The predicted octanol–water partition coefficient (Wildman–Crippen LogP) is 11.3. The summed E-state index contributed by atoms with van der Waals surface area (Å²) in [6, 6.07) is 0. The molecule has 0 bridgehead atoms. The summed E-state index contributed by atoms with van der Waals surface area (Å²) in [5, 5.41) is 6.43. The predicted molar refractivity (Wildman–Crippen MR) is 148 cm³/mol. The average molecular weight is 453 g/mol. The molecule has 0 aromatic heterocycles. The van der Waals surface area contributed by atoms with E-state index in [9.17, 15) is 0 Å². The minimum absolute atomic E-state index is 0.150. The third-order valence-corrected chi connectivity index (χ3v) is 12.0. The molecule has 0 spiro atoms. The van der Waals surface area contributed by atoms with Crippen LogP contribution in [0.25, 0.3) is 0 Å². The zero-order chi connectivity index (χ0) is 22.7. The summed E-state index contributed by atoms with van der Waals surface area (Å²) >= 11 is -0.560. The van der Waals surface area contributed by atoms with Crippen LogP contribution in [0.4, 0.5) is 0 Å². The molecule has 0 rings (SSSR count). The van der Waals surface area contributed by atoms with Gasteiger partial charge in [0.25, 0.3) is 28.3 Å². The number of hydrogen-bond donors (Lipinski definition) is 0. The third kappa shape index (κ3) is 31.3. The Bertz CT molecular complexity index is 240. The summed E-state index contributed by atoms with van der Waals surface area (Å²) < 4.78 is 0. The van der Waals surface area contributed by atoms with Crippen molar-refractivity contribution in [2.45, 2.75) is 176 Å². The molecule has 180 valence electrons. The van der Waals surface area contributed by atoms with E-state index in [2.05, 4.69) is 39.3 Å². The molecule has 0 aliphatic heterocycles. The zero-order valence-electron chi connectivity index (χ0n) is 22.7. The van der Waals surface area contributed by atoms with Crippen molar-refractivity contribution in [1.82, 2.24) is 0 Å². The van der Waals surface area contributed by atoms with Crippen molar-refractivity contribution in [3.8, 4) is 0 Å². The second kappa shape index (κ2) is 30.1. The summed E-state index contributed by atoms with van der Waals surface area (Å²) in [5.74, 6) is 4.72. The third-order valence-electron chi connectivity index (χ3n) is 6.71. The minimum atomic E-state index is -0.410. The first-order valence-corrected chi connectivity index (χ1v) is 20.2. The van der Waals surface area contributed by atoms with Crippen molar-refractivity contribution in [2.75, 3.05) is 0 Å². The van der Waals surface area contributed by atoms with Gasteiger partial charge in [0, 0.05) is 0 Å². The van der Waals surface area contributed by atoms with Crippen LogP contribution in [0.5, 0.6) is 0 Å². The van der Waals surface area contributed by atoms with Gasteiger partial charge in [0.05, 0.1) is 0 Å². The first kappa shape index (κ1) is 33.2. The normalized spacial score (nSPS) is 10.6. The molecule has 0 aromatic rings. The van der Waals surface area contributed by atoms with Crippen molar-refractivity contribution in [3.63, 3.8) is 0 Å². The SMILES string of the molecule is CCCCCCC[CH2][Al]([CH2]CCCCCCC)[CH2]CCCCCCC.C[CH2][Al]([CH3])[CH3]. The molecule has 0 N–H and O–H groups in total. The monoisotopic (exact) mass is 452 g/mol. The highest BCUT2D eigenvalue weighted by Crippen LogP contribution is 2.20. The maximum Gasteiger partial charge on any atom is 0.261 e. The van der Waals surface area contributed by atoms with Crippen molar-refractivity contribution in [2.24, 2.45) is 0 Å². The van der Waals surface area contributed by atoms with Gasteiger partial charge in [0.15, 0.2) is 0 Å². The molecule has 0 aliphatic carbocycles. The van der Waals surface area contributed by atoms with E-state index in [0.29, 0.717) is 0 Å². The van der Waals surface area contributed by atoms with E-state index in [0.717, 1.165) is 0 Å². The van der Waals surface area contributed by atoms with Crippen LogP contribution in [0, 0.1) is 0 Å². The van der Waals surface area contributed by atoms with Crippen LogP contribution in [0.1, 0.15) is 143 Å². The van der Waals surface area contributed by atoms with Gasteiger partial charge in [-0.3, -0.25) is 0 Å². The van der Waals surface area contributed by atoms with Crippen LogP contribution in [0.2, 0.25) is 32.7 Å². The van der Waals surface area contributed by atoms with Gasteiger partial charge < -0.3 is 0 Å². The fourth-order valence-electron chi connectivity index (χ4n) is 4.07. The van der Waals surface area contributed by atoms with Gasteiger partial charge in [-0.1, -0.05) is 164 Å². The minimum Gasteiger partial charge on any atom is -0.106 e. The van der Waals surface area contributed by atoms with E-state index in [-0.39, 0.29) is 14.1 Å². The number of unbranched alkanes of at least 4 members (excludes halogenated alkanes) is 15. The van der Waals surface area contributed by atoms with Gasteiger partial charge in [-0.15, -0.1) is 11.6 Å². The molecule has 0 aliphatic rings. The molecular formula is C28H62Al2. The van der Waals surface area contributed by atoms with Gasteiger partial charge in [-0.25, -0.2) is 0 Å². The summed E-state index contributed by atoms with van der Waals surface area (Å²) in [4.78, 5) is 0. The Morgan fingerprint density at radius 1 is 0.367 bits per heavy atom. The standard InChI is InChI=1S/3C8H17.C2H5.2CH3.2Al/c3*1-3-5-7-8-6-4-2;1-2;;;;/h3*1,3-8H2,2H3;1H2,2H3;2*1H3;;. The quantitative estimate of drug-likeness (QED) is 0.113. The van der Waals surface area contributed by atoms with Crippen LogP contribution >= 0.6 is 0 Å². The molecule has 0 saturated heterocycles. The highest BCUT2D eigenvalue weighted by Gasteiger charge is 2.15. The molecule has 0 fully saturated rings. The number of hydrogen-bond acceptors (Lipinski definition) is 0. The van der Waals surface area contributed by atoms with Gasteiger partial charge in [-0.2, -0.15) is 0 Å². The maximum absolute atomic E-state index is 2.36. The maximum atomic E-state index is 2.36. The van der Waals surface area contributed by atoms with E-state index in [1.54, 1.807) is 35.1 Å². The molecule has 2 heteroatoms. The summed E-state index contributed by atoms with van der Waals surface area (Å²) in [7, 11) is 0. The molecule has 0 unspecified atom stereocenters. The van der Waals surface area contributed by atoms with Crippen LogP contribution in [-0.4, -0.2) is 28.3 Å². The largest absolute Gasteiger partial charge is 0.261 e. The summed E-state index contributed by atoms with van der Waals surface area (Å²) in [5.41, 5.74) is 0. The van der Waals surface area contributed by atoms with E-state index in [1.165, 1.54) is 102 Å². The highest BCUT2D eigenvalue weighted by atomic mass is 27.2. The summed E-state index contributed by atoms with van der Waals surface area (Å²) in [6.07, 6.45) is 26.7. The Hall–Kier alpha value is 1.06. The van der Waals surface area contributed by atoms with E-state index in [4.69, 9.17) is 0 Å². The van der Waals surface area contributed by atoms with E-state index in [1.807, 2.05) is 0 Å². The topological polar surface area (TPSA) is 0 Å². The van der Waals surface area contributed by atoms with Gasteiger partial charge in [0.2, 0.25) is 0 Å². The fraction of sp³-hybridized carbons (Fsp3) is 1.00. The zero-order valence-corrected chi connectivity index (χ0v) is 25.0. The lowest BCUT2D eigenvalue weighted by atomic mass is 10.1. The lowest BCUT2D eigenvalue weighted by molar-refractivity contribution is 0.610. The fourth-order valence-corrected chi connectivity index (χ4v) is 7.54. The number of rotatable bonds is 22. The molecule has 0 saturated carbocycles. The van der Waals surface area contributed by atoms with Gasteiger partial charge in [-0.05, 0) is 0 Å². The Morgan fingerprint density at radius 3 is 0.833 bits per heavy atom. The molecule has 30 heavy (non-hydrogen) atoms. The molecule has 0 amide bonds. The van der Waals surface area contributed by atoms with Crippen molar-refractivity contribution in [1.29, 1.82) is 0 Å². The van der Waals surface area contributed by atoms with Crippen molar-refractivity contribution >= 4 is 28.3 Å². The second-order valence-corrected chi connectivity index (χ2v) is 17.4. The second-order valence-electron chi connectivity index (χ2n) is 10.3. The lowest BCUT2D eigenvalue weighted by Gasteiger charge is -2.12. The van der Waals surface area contributed by atoms with Crippen LogP contribution < -0.4 is 0 Å². The van der Waals surface area contributed by atoms with Crippen LogP contribution in [0.3, 0.4) is 0 Å². The van der Waals surface area contributed by atoms with Crippen LogP contribution in [0.15, 0.2) is 0 Å². The Morgan fingerprint density at radius 2 is 0.600 bits per heavy atom. The summed E-state index contributed by atoms with van der Waals surface area (Å²) in [6.45, 7) is 9.23. The molecule has 0 atom stereocenters. The van der Waals surface area contributed by atoms with Crippen molar-refractivity contribution < 1.29 is 0 Å². The smallest absolute Gasteiger partial charge is 0.106 e. The molecule has 0 nitrogen and oxygen atoms in total. The first-order valence-electron chi connectivity index (χ1n) is 14.6. The Balaban J connectivity index is 0. The molecule has 0 heterocycles. The van der Waals surface area contributed by atoms with Gasteiger partial charge in [0.1, 0.15) is 0 Å².